The van der Waals surface area contributed by atoms with Crippen molar-refractivity contribution in [2.45, 2.75) is 12.7 Å². The second kappa shape index (κ2) is 6.58. The van der Waals surface area contributed by atoms with Crippen LogP contribution in [-0.2, 0) is 0 Å². The van der Waals surface area contributed by atoms with E-state index in [4.69, 9.17) is 21.8 Å². The summed E-state index contributed by atoms with van der Waals surface area (Å²) in [6, 6.07) is 4.44. The molecule has 1 rings (SSSR count). The van der Waals surface area contributed by atoms with Crippen molar-refractivity contribution in [1.29, 1.82) is 0 Å². The van der Waals surface area contributed by atoms with Crippen LogP contribution in [0.5, 0.6) is 5.75 Å². The number of benzene rings is 1. The second-order valence-electron chi connectivity index (χ2n) is 3.21. The van der Waals surface area contributed by atoms with Crippen LogP contribution in [0.2, 0.25) is 5.02 Å². The maximum Gasteiger partial charge on any atom is 0.387 e. The highest BCUT2D eigenvalue weighted by Gasteiger charge is 2.14. The summed E-state index contributed by atoms with van der Waals surface area (Å²) >= 11 is 5.71. The van der Waals surface area contributed by atoms with E-state index in [2.05, 4.69) is 10.1 Å². The van der Waals surface area contributed by atoms with E-state index in [1.165, 1.54) is 12.1 Å². The first-order valence-electron chi connectivity index (χ1n) is 4.80. The van der Waals surface area contributed by atoms with E-state index in [1.807, 2.05) is 0 Å². The Bertz CT molecular complexity index is 365. The first kappa shape index (κ1) is 14.0. The van der Waals surface area contributed by atoms with Crippen LogP contribution in [0.3, 0.4) is 0 Å². The molecule has 1 unspecified atom stereocenters. The van der Waals surface area contributed by atoms with E-state index >= 15 is 0 Å². The zero-order valence-electron chi connectivity index (χ0n) is 8.74. The lowest BCUT2D eigenvalue weighted by Crippen LogP contribution is -2.23. The highest BCUT2D eigenvalue weighted by molar-refractivity contribution is 6.32. The summed E-state index contributed by atoms with van der Waals surface area (Å²) in [6.45, 7) is -3.42. The van der Waals surface area contributed by atoms with Gasteiger partial charge in [0, 0.05) is 6.54 Å². The van der Waals surface area contributed by atoms with Crippen molar-refractivity contribution < 1.29 is 23.7 Å². The van der Waals surface area contributed by atoms with Gasteiger partial charge in [-0.05, 0) is 12.1 Å². The molecule has 0 heterocycles. The maximum absolute atomic E-state index is 12.1. The van der Waals surface area contributed by atoms with E-state index in [1.54, 1.807) is 6.07 Å². The fourth-order valence-electron chi connectivity index (χ4n) is 1.15. The van der Waals surface area contributed by atoms with Gasteiger partial charge in [0.1, 0.15) is 0 Å². The fraction of sp³-hybridized carbons (Fsp3) is 0.400. The predicted octanol–water partition coefficient (Wildman–Crippen LogP) is 1.71. The number of alkyl halides is 2. The summed E-state index contributed by atoms with van der Waals surface area (Å²) < 4.78 is 28.6. The minimum absolute atomic E-state index is 0.00353. The Labute approximate surface area is 102 Å². The van der Waals surface area contributed by atoms with Gasteiger partial charge in [-0.15, -0.1) is 0 Å². The van der Waals surface area contributed by atoms with Crippen molar-refractivity contribution in [3.63, 3.8) is 0 Å². The van der Waals surface area contributed by atoms with Crippen molar-refractivity contribution in [1.82, 2.24) is 0 Å². The lowest BCUT2D eigenvalue weighted by atomic mass is 10.2. The molecule has 0 saturated carbocycles. The number of hydrogen-bond donors (Lipinski definition) is 3. The molecule has 3 N–H and O–H groups in total. The Kier molecular flexibility index (Phi) is 5.40. The molecule has 1 aromatic carbocycles. The van der Waals surface area contributed by atoms with Crippen molar-refractivity contribution in [3.8, 4) is 5.75 Å². The van der Waals surface area contributed by atoms with Crippen LogP contribution >= 0.6 is 11.6 Å². The molecular weight excluding hydrogens is 256 g/mol. The van der Waals surface area contributed by atoms with Crippen LogP contribution < -0.4 is 10.1 Å². The average molecular weight is 268 g/mol. The molecule has 17 heavy (non-hydrogen) atoms. The second-order valence-corrected chi connectivity index (χ2v) is 3.62. The molecule has 0 aromatic heterocycles. The molecular formula is C10H12ClF2NO3. The van der Waals surface area contributed by atoms with Crippen LogP contribution in [0.4, 0.5) is 14.5 Å². The number of halogens is 3. The maximum atomic E-state index is 12.1. The van der Waals surface area contributed by atoms with Gasteiger partial charge in [-0.3, -0.25) is 0 Å². The summed E-state index contributed by atoms with van der Waals surface area (Å²) in [5.74, 6) is -0.186. The number of aliphatic hydroxyl groups is 2. The molecule has 0 aliphatic carbocycles. The first-order valence-corrected chi connectivity index (χ1v) is 5.18. The molecule has 1 atom stereocenters. The Morgan fingerprint density at radius 2 is 2.12 bits per heavy atom. The van der Waals surface area contributed by atoms with E-state index in [0.717, 1.165) is 0 Å². The highest BCUT2D eigenvalue weighted by Crippen LogP contribution is 2.33. The number of hydrogen-bond acceptors (Lipinski definition) is 4. The molecule has 0 aliphatic rings. The molecule has 0 fully saturated rings. The summed E-state index contributed by atoms with van der Waals surface area (Å²) in [7, 11) is 0. The standard InChI is InChI=1S/C10H12ClF2NO3/c11-7-2-1-3-8(9(7)17-10(12)13)14-4-6(16)5-15/h1-3,6,10,14-16H,4-5H2. The minimum atomic E-state index is -2.99. The van der Waals surface area contributed by atoms with Gasteiger partial charge in [-0.25, -0.2) is 0 Å². The summed E-state index contributed by atoms with van der Waals surface area (Å²) in [5, 5.41) is 20.4. The highest BCUT2D eigenvalue weighted by atomic mass is 35.5. The Balaban J connectivity index is 2.79. The number of para-hydroxylation sites is 1. The van der Waals surface area contributed by atoms with Crippen LogP contribution in [0.25, 0.3) is 0 Å². The third-order valence-corrected chi connectivity index (χ3v) is 2.21. The zero-order chi connectivity index (χ0) is 12.8. The Morgan fingerprint density at radius 3 is 2.71 bits per heavy atom. The fourth-order valence-corrected chi connectivity index (χ4v) is 1.37. The average Bonchev–Trinajstić information content (AvgIpc) is 2.29. The topological polar surface area (TPSA) is 61.7 Å². The van der Waals surface area contributed by atoms with Crippen LogP contribution in [0.1, 0.15) is 0 Å². The summed E-state index contributed by atoms with van der Waals surface area (Å²) in [6.07, 6.45) is -0.992. The third kappa shape index (κ3) is 4.33. The number of rotatable bonds is 6. The summed E-state index contributed by atoms with van der Waals surface area (Å²) in [5.41, 5.74) is 0.227. The SMILES string of the molecule is OCC(O)CNc1cccc(Cl)c1OC(F)F. The lowest BCUT2D eigenvalue weighted by Gasteiger charge is -2.15. The van der Waals surface area contributed by atoms with Crippen molar-refractivity contribution in [2.75, 3.05) is 18.5 Å². The van der Waals surface area contributed by atoms with Crippen molar-refractivity contribution in [3.05, 3.63) is 23.2 Å². The summed E-state index contributed by atoms with van der Waals surface area (Å²) in [4.78, 5) is 0. The van der Waals surface area contributed by atoms with Crippen molar-refractivity contribution >= 4 is 17.3 Å². The van der Waals surface area contributed by atoms with E-state index in [-0.39, 0.29) is 23.0 Å². The molecule has 1 aromatic rings. The van der Waals surface area contributed by atoms with E-state index in [0.29, 0.717) is 0 Å². The smallest absolute Gasteiger partial charge is 0.387 e. The Morgan fingerprint density at radius 1 is 1.41 bits per heavy atom. The number of ether oxygens (including phenoxy) is 1. The van der Waals surface area contributed by atoms with Crippen LogP contribution in [-0.4, -0.2) is 36.1 Å². The lowest BCUT2D eigenvalue weighted by molar-refractivity contribution is -0.0493. The molecule has 0 aliphatic heterocycles. The largest absolute Gasteiger partial charge is 0.431 e. The Hall–Kier alpha value is -1.11. The van der Waals surface area contributed by atoms with Crippen LogP contribution in [0, 0.1) is 0 Å². The normalized spacial score (nSPS) is 12.6. The van der Waals surface area contributed by atoms with Gasteiger partial charge >= 0.3 is 6.61 Å². The molecule has 0 spiro atoms. The van der Waals surface area contributed by atoms with E-state index in [9.17, 15) is 8.78 Å². The van der Waals surface area contributed by atoms with Gasteiger partial charge < -0.3 is 20.3 Å². The molecule has 96 valence electrons. The third-order valence-electron chi connectivity index (χ3n) is 1.91. The molecule has 0 radical (unpaired) electrons. The molecule has 7 heteroatoms. The van der Waals surface area contributed by atoms with Gasteiger partial charge in [0.2, 0.25) is 0 Å². The monoisotopic (exact) mass is 267 g/mol. The van der Waals surface area contributed by atoms with Gasteiger partial charge in [-0.1, -0.05) is 17.7 Å². The van der Waals surface area contributed by atoms with Gasteiger partial charge in [0.15, 0.2) is 5.75 Å². The van der Waals surface area contributed by atoms with Gasteiger partial charge in [0.25, 0.3) is 0 Å². The molecule has 0 saturated heterocycles. The molecule has 4 nitrogen and oxygen atoms in total. The number of aliphatic hydroxyl groups excluding tert-OH is 2. The van der Waals surface area contributed by atoms with Gasteiger partial charge in [0.05, 0.1) is 23.4 Å². The van der Waals surface area contributed by atoms with Crippen LogP contribution in [0.15, 0.2) is 18.2 Å². The molecule has 0 bridgehead atoms. The zero-order valence-corrected chi connectivity index (χ0v) is 9.49. The van der Waals surface area contributed by atoms with Gasteiger partial charge in [-0.2, -0.15) is 8.78 Å². The first-order chi connectivity index (χ1) is 8.04. The number of nitrogens with one attached hydrogen (secondary N) is 1. The number of anilines is 1. The predicted molar refractivity (Wildman–Crippen MR) is 59.7 cm³/mol. The van der Waals surface area contributed by atoms with E-state index < -0.39 is 19.3 Å². The van der Waals surface area contributed by atoms with Crippen molar-refractivity contribution in [2.24, 2.45) is 0 Å². The minimum Gasteiger partial charge on any atom is -0.431 e. The molecule has 0 amide bonds. The quantitative estimate of drug-likeness (QED) is 0.734.